The zero-order chi connectivity index (χ0) is 14.1. The maximum atomic E-state index is 10.5. The molecule has 1 N–H and O–H groups in total. The number of hydrogen-bond acceptors (Lipinski definition) is 4. The van der Waals surface area contributed by atoms with Gasteiger partial charge in [-0.2, -0.15) is 0 Å². The molecule has 1 rings (SSSR count). The van der Waals surface area contributed by atoms with Crippen molar-refractivity contribution in [1.82, 2.24) is 0 Å². The van der Waals surface area contributed by atoms with Crippen LogP contribution >= 0.6 is 0 Å². The molecule has 0 saturated carbocycles. The van der Waals surface area contributed by atoms with Gasteiger partial charge in [-0.3, -0.25) is 0 Å². The Balaban J connectivity index is 2.59. The zero-order valence-electron chi connectivity index (χ0n) is 11.3. The lowest BCUT2D eigenvalue weighted by atomic mass is 10.2. The van der Waals surface area contributed by atoms with E-state index in [9.17, 15) is 4.79 Å². The van der Waals surface area contributed by atoms with Crippen LogP contribution in [-0.2, 0) is 16.1 Å². The lowest BCUT2D eigenvalue weighted by molar-refractivity contribution is -0.139. The van der Waals surface area contributed by atoms with Crippen molar-refractivity contribution in [3.05, 3.63) is 23.8 Å². The fourth-order valence-corrected chi connectivity index (χ4v) is 1.50. The lowest BCUT2D eigenvalue weighted by Gasteiger charge is -2.11. The van der Waals surface area contributed by atoms with E-state index in [0.717, 1.165) is 25.0 Å². The summed E-state index contributed by atoms with van der Waals surface area (Å²) in [5.74, 6) is -0.0888. The highest BCUT2D eigenvalue weighted by Gasteiger charge is 2.07. The van der Waals surface area contributed by atoms with Crippen molar-refractivity contribution in [2.45, 2.75) is 26.4 Å². The predicted octanol–water partition coefficient (Wildman–Crippen LogP) is 2.48. The number of carboxylic acids is 1. The zero-order valence-corrected chi connectivity index (χ0v) is 11.3. The molecule has 0 heterocycles. The highest BCUT2D eigenvalue weighted by atomic mass is 16.5. The van der Waals surface area contributed by atoms with E-state index in [1.807, 2.05) is 6.07 Å². The summed E-state index contributed by atoms with van der Waals surface area (Å²) in [6.07, 6.45) is 2.14. The van der Waals surface area contributed by atoms with Crippen molar-refractivity contribution in [2.75, 3.05) is 20.3 Å². The number of unbranched alkanes of at least 4 members (excludes halogenated alkanes) is 1. The predicted molar refractivity (Wildman–Crippen MR) is 70.7 cm³/mol. The van der Waals surface area contributed by atoms with Crippen LogP contribution in [0.3, 0.4) is 0 Å². The molecule has 19 heavy (non-hydrogen) atoms. The third kappa shape index (κ3) is 5.61. The number of benzene rings is 1. The van der Waals surface area contributed by atoms with Gasteiger partial charge >= 0.3 is 5.97 Å². The van der Waals surface area contributed by atoms with Gasteiger partial charge in [0.1, 0.15) is 0 Å². The SMILES string of the molecule is CCCCOCc1ccc(OCC(=O)O)c(OC)c1. The monoisotopic (exact) mass is 268 g/mol. The number of rotatable bonds is 9. The maximum Gasteiger partial charge on any atom is 0.341 e. The third-order valence-corrected chi connectivity index (χ3v) is 2.49. The molecule has 0 aliphatic rings. The van der Waals surface area contributed by atoms with E-state index in [4.69, 9.17) is 19.3 Å². The summed E-state index contributed by atoms with van der Waals surface area (Å²) < 4.78 is 15.8. The molecule has 0 aliphatic heterocycles. The molecule has 0 atom stereocenters. The molecule has 0 bridgehead atoms. The van der Waals surface area contributed by atoms with Gasteiger partial charge in [0.15, 0.2) is 18.1 Å². The van der Waals surface area contributed by atoms with Crippen molar-refractivity contribution >= 4 is 5.97 Å². The molecular formula is C14H20O5. The Morgan fingerprint density at radius 2 is 2.11 bits per heavy atom. The van der Waals surface area contributed by atoms with E-state index in [1.165, 1.54) is 7.11 Å². The Labute approximate surface area is 113 Å². The van der Waals surface area contributed by atoms with Gasteiger partial charge in [-0.15, -0.1) is 0 Å². The van der Waals surface area contributed by atoms with Gasteiger partial charge in [0.25, 0.3) is 0 Å². The number of aliphatic carboxylic acids is 1. The first-order valence-electron chi connectivity index (χ1n) is 6.26. The normalized spacial score (nSPS) is 10.2. The Hall–Kier alpha value is -1.75. The highest BCUT2D eigenvalue weighted by Crippen LogP contribution is 2.28. The van der Waals surface area contributed by atoms with Crippen LogP contribution in [0.4, 0.5) is 0 Å². The van der Waals surface area contributed by atoms with Crippen LogP contribution in [0.15, 0.2) is 18.2 Å². The lowest BCUT2D eigenvalue weighted by Crippen LogP contribution is -2.10. The summed E-state index contributed by atoms with van der Waals surface area (Å²) in [4.78, 5) is 10.5. The molecule has 0 unspecified atom stereocenters. The number of ether oxygens (including phenoxy) is 3. The van der Waals surface area contributed by atoms with Crippen molar-refractivity contribution in [1.29, 1.82) is 0 Å². The first-order valence-corrected chi connectivity index (χ1v) is 6.26. The number of hydrogen-bond donors (Lipinski definition) is 1. The van der Waals surface area contributed by atoms with Gasteiger partial charge in [0, 0.05) is 6.61 Å². The number of carbonyl (C=O) groups is 1. The third-order valence-electron chi connectivity index (χ3n) is 2.49. The second kappa shape index (κ2) is 8.37. The fraction of sp³-hybridized carbons (Fsp3) is 0.500. The first kappa shape index (κ1) is 15.3. The van der Waals surface area contributed by atoms with E-state index in [-0.39, 0.29) is 6.61 Å². The summed E-state index contributed by atoms with van der Waals surface area (Å²) in [7, 11) is 1.52. The minimum absolute atomic E-state index is 0.386. The van der Waals surface area contributed by atoms with Crippen LogP contribution in [0, 0.1) is 0 Å². The summed E-state index contributed by atoms with van der Waals surface area (Å²) in [6, 6.07) is 5.33. The molecule has 0 aliphatic carbocycles. The van der Waals surface area contributed by atoms with Gasteiger partial charge in [-0.25, -0.2) is 4.79 Å². The molecular weight excluding hydrogens is 248 g/mol. The van der Waals surface area contributed by atoms with Crippen molar-refractivity contribution in [3.8, 4) is 11.5 Å². The van der Waals surface area contributed by atoms with E-state index in [0.29, 0.717) is 18.1 Å². The van der Waals surface area contributed by atoms with Crippen molar-refractivity contribution in [2.24, 2.45) is 0 Å². The molecule has 106 valence electrons. The van der Waals surface area contributed by atoms with Crippen molar-refractivity contribution < 1.29 is 24.1 Å². The molecule has 5 heteroatoms. The molecule has 1 aromatic carbocycles. The van der Waals surface area contributed by atoms with Crippen LogP contribution < -0.4 is 9.47 Å². The molecule has 0 amide bonds. The van der Waals surface area contributed by atoms with Gasteiger partial charge in [0.05, 0.1) is 13.7 Å². The van der Waals surface area contributed by atoms with E-state index >= 15 is 0 Å². The second-order valence-electron chi connectivity index (χ2n) is 4.07. The molecule has 5 nitrogen and oxygen atoms in total. The molecule has 0 aromatic heterocycles. The minimum atomic E-state index is -1.02. The Morgan fingerprint density at radius 1 is 1.32 bits per heavy atom. The largest absolute Gasteiger partial charge is 0.493 e. The van der Waals surface area contributed by atoms with Crippen LogP contribution in [0.25, 0.3) is 0 Å². The fourth-order valence-electron chi connectivity index (χ4n) is 1.50. The van der Waals surface area contributed by atoms with E-state index in [1.54, 1.807) is 12.1 Å². The standard InChI is InChI=1S/C14H20O5/c1-3-4-7-18-9-11-5-6-12(13(8-11)17-2)19-10-14(15)16/h5-6,8H,3-4,7,9-10H2,1-2H3,(H,15,16). The van der Waals surface area contributed by atoms with Crippen LogP contribution in [0.1, 0.15) is 25.3 Å². The summed E-state index contributed by atoms with van der Waals surface area (Å²) >= 11 is 0. The topological polar surface area (TPSA) is 65.0 Å². The Bertz CT molecular complexity index is 403. The summed E-state index contributed by atoms with van der Waals surface area (Å²) in [5, 5.41) is 8.57. The summed E-state index contributed by atoms with van der Waals surface area (Å²) in [6.45, 7) is 2.97. The van der Waals surface area contributed by atoms with Crippen LogP contribution in [-0.4, -0.2) is 31.4 Å². The van der Waals surface area contributed by atoms with Crippen LogP contribution in [0.5, 0.6) is 11.5 Å². The van der Waals surface area contributed by atoms with Crippen LogP contribution in [0.2, 0.25) is 0 Å². The van der Waals surface area contributed by atoms with Gasteiger partial charge in [0.2, 0.25) is 0 Å². The molecule has 0 spiro atoms. The molecule has 0 fully saturated rings. The molecule has 0 radical (unpaired) electrons. The van der Waals surface area contributed by atoms with Gasteiger partial charge < -0.3 is 19.3 Å². The van der Waals surface area contributed by atoms with E-state index in [2.05, 4.69) is 6.92 Å². The summed E-state index contributed by atoms with van der Waals surface area (Å²) in [5.41, 5.74) is 0.968. The number of methoxy groups -OCH3 is 1. The van der Waals surface area contributed by atoms with Gasteiger partial charge in [-0.1, -0.05) is 19.4 Å². The quantitative estimate of drug-likeness (QED) is 0.697. The minimum Gasteiger partial charge on any atom is -0.493 e. The average Bonchev–Trinajstić information content (AvgIpc) is 2.41. The van der Waals surface area contributed by atoms with Crippen molar-refractivity contribution in [3.63, 3.8) is 0 Å². The maximum absolute atomic E-state index is 10.5. The Morgan fingerprint density at radius 3 is 2.74 bits per heavy atom. The first-order chi connectivity index (χ1) is 9.17. The molecule has 1 aromatic rings. The average molecular weight is 268 g/mol. The smallest absolute Gasteiger partial charge is 0.341 e. The highest BCUT2D eigenvalue weighted by molar-refractivity contribution is 5.68. The molecule has 0 saturated heterocycles. The second-order valence-corrected chi connectivity index (χ2v) is 4.07. The van der Waals surface area contributed by atoms with Gasteiger partial charge in [-0.05, 0) is 24.1 Å². The van der Waals surface area contributed by atoms with E-state index < -0.39 is 5.97 Å². The Kier molecular flexibility index (Phi) is 6.74. The number of carboxylic acid groups (broad SMARTS) is 1.